The largest absolute Gasteiger partial charge is 0.326 e. The minimum absolute atomic E-state index is 0.180. The molecule has 0 saturated carbocycles. The number of halogens is 1. The van der Waals surface area contributed by atoms with E-state index in [0.29, 0.717) is 18.7 Å². The average Bonchev–Trinajstić information content (AvgIpc) is 2.47. The Kier molecular flexibility index (Phi) is 5.69. The molecule has 1 aliphatic heterocycles. The molecule has 7 heteroatoms. The third-order valence-corrected chi connectivity index (χ3v) is 5.18. The number of nitrogens with zero attached hydrogens (tertiary/aromatic N) is 1. The average molecular weight is 315 g/mol. The Bertz CT molecular complexity index is 572. The van der Waals surface area contributed by atoms with Gasteiger partial charge in [0.25, 0.3) is 0 Å². The molecule has 0 spiro atoms. The maximum absolute atomic E-state index is 13.8. The highest BCUT2D eigenvalue weighted by Gasteiger charge is 2.19. The predicted molar refractivity (Wildman–Crippen MR) is 79.8 cm³/mol. The number of likely N-dealkylation sites (tertiary alicyclic amines) is 1. The molecule has 0 amide bonds. The molecule has 1 aromatic rings. The summed E-state index contributed by atoms with van der Waals surface area (Å²) in [6, 6.07) is 3.96. The molecule has 118 valence electrons. The fourth-order valence-electron chi connectivity index (χ4n) is 2.49. The van der Waals surface area contributed by atoms with Crippen LogP contribution in [0.3, 0.4) is 0 Å². The van der Waals surface area contributed by atoms with Crippen LogP contribution in [0.4, 0.5) is 4.39 Å². The molecule has 0 bridgehead atoms. The van der Waals surface area contributed by atoms with Gasteiger partial charge in [0.15, 0.2) is 0 Å². The summed E-state index contributed by atoms with van der Waals surface area (Å²) in [5.74, 6) is -0.761. The molecule has 3 N–H and O–H groups in total. The van der Waals surface area contributed by atoms with Crippen LogP contribution in [0, 0.1) is 5.82 Å². The van der Waals surface area contributed by atoms with E-state index in [9.17, 15) is 12.8 Å². The molecule has 0 aliphatic carbocycles. The molecule has 1 saturated heterocycles. The lowest BCUT2D eigenvalue weighted by Crippen LogP contribution is -2.37. The molecule has 2 rings (SSSR count). The van der Waals surface area contributed by atoms with E-state index in [1.807, 2.05) is 0 Å². The SMILES string of the molecule is NCc1ccc(S(=O)(=O)NCCN2CCCCC2)c(F)c1. The van der Waals surface area contributed by atoms with Gasteiger partial charge in [0, 0.05) is 19.6 Å². The number of nitrogens with two attached hydrogens (primary N) is 1. The molecule has 0 atom stereocenters. The van der Waals surface area contributed by atoms with Gasteiger partial charge < -0.3 is 10.6 Å². The van der Waals surface area contributed by atoms with Crippen LogP contribution in [0.25, 0.3) is 0 Å². The van der Waals surface area contributed by atoms with Gasteiger partial charge in [-0.25, -0.2) is 17.5 Å². The van der Waals surface area contributed by atoms with Gasteiger partial charge in [0.1, 0.15) is 10.7 Å². The Morgan fingerprint density at radius 2 is 1.95 bits per heavy atom. The molecule has 21 heavy (non-hydrogen) atoms. The van der Waals surface area contributed by atoms with Crippen molar-refractivity contribution < 1.29 is 12.8 Å². The molecule has 1 aliphatic rings. The number of hydrogen-bond acceptors (Lipinski definition) is 4. The van der Waals surface area contributed by atoms with E-state index in [1.54, 1.807) is 0 Å². The zero-order valence-corrected chi connectivity index (χ0v) is 12.8. The number of rotatable bonds is 6. The second kappa shape index (κ2) is 7.31. The van der Waals surface area contributed by atoms with Gasteiger partial charge in [0.05, 0.1) is 0 Å². The second-order valence-electron chi connectivity index (χ2n) is 5.27. The van der Waals surface area contributed by atoms with E-state index >= 15 is 0 Å². The lowest BCUT2D eigenvalue weighted by molar-refractivity contribution is 0.232. The van der Waals surface area contributed by atoms with Gasteiger partial charge in [-0.15, -0.1) is 0 Å². The third kappa shape index (κ3) is 4.47. The monoisotopic (exact) mass is 315 g/mol. The van der Waals surface area contributed by atoms with E-state index in [0.717, 1.165) is 25.9 Å². The van der Waals surface area contributed by atoms with Crippen LogP contribution in [-0.4, -0.2) is 39.5 Å². The van der Waals surface area contributed by atoms with Crippen molar-refractivity contribution in [2.45, 2.75) is 30.7 Å². The van der Waals surface area contributed by atoms with Crippen LogP contribution in [-0.2, 0) is 16.6 Å². The summed E-state index contributed by atoms with van der Waals surface area (Å²) < 4.78 is 40.5. The predicted octanol–water partition coefficient (Wildman–Crippen LogP) is 1.05. The standard InChI is InChI=1S/C14H22FN3O2S/c15-13-10-12(11-16)4-5-14(13)21(19,20)17-6-9-18-7-2-1-3-8-18/h4-5,10,17H,1-3,6-9,11,16H2. The Hall–Kier alpha value is -1.02. The van der Waals surface area contributed by atoms with Gasteiger partial charge >= 0.3 is 0 Å². The first kappa shape index (κ1) is 16.4. The Labute approximate surface area is 125 Å². The molecule has 0 aromatic heterocycles. The van der Waals surface area contributed by atoms with Gasteiger partial charge in [-0.3, -0.25) is 0 Å². The summed E-state index contributed by atoms with van der Waals surface area (Å²) in [4.78, 5) is 1.90. The van der Waals surface area contributed by atoms with Crippen molar-refractivity contribution in [1.29, 1.82) is 0 Å². The van der Waals surface area contributed by atoms with Crippen molar-refractivity contribution in [1.82, 2.24) is 9.62 Å². The van der Waals surface area contributed by atoms with Gasteiger partial charge in [0.2, 0.25) is 10.0 Å². The highest BCUT2D eigenvalue weighted by Crippen LogP contribution is 2.16. The van der Waals surface area contributed by atoms with Gasteiger partial charge in [-0.05, 0) is 43.6 Å². The summed E-state index contributed by atoms with van der Waals surface area (Å²) >= 11 is 0. The van der Waals surface area contributed by atoms with Crippen LogP contribution in [0.1, 0.15) is 24.8 Å². The van der Waals surface area contributed by atoms with Crippen molar-refractivity contribution in [3.8, 4) is 0 Å². The van der Waals surface area contributed by atoms with E-state index in [4.69, 9.17) is 5.73 Å². The fraction of sp³-hybridized carbons (Fsp3) is 0.571. The number of sulfonamides is 1. The molecule has 0 radical (unpaired) electrons. The maximum Gasteiger partial charge on any atom is 0.243 e. The van der Waals surface area contributed by atoms with Crippen molar-refractivity contribution in [3.63, 3.8) is 0 Å². The lowest BCUT2D eigenvalue weighted by Gasteiger charge is -2.26. The molecule has 0 unspecified atom stereocenters. The number of benzene rings is 1. The first-order valence-corrected chi connectivity index (χ1v) is 8.72. The van der Waals surface area contributed by atoms with Gasteiger partial charge in [-0.2, -0.15) is 0 Å². The zero-order chi connectivity index (χ0) is 15.3. The van der Waals surface area contributed by atoms with Crippen LogP contribution in [0.5, 0.6) is 0 Å². The maximum atomic E-state index is 13.8. The second-order valence-corrected chi connectivity index (χ2v) is 7.00. The summed E-state index contributed by atoms with van der Waals surface area (Å²) in [7, 11) is -3.81. The minimum atomic E-state index is -3.81. The van der Waals surface area contributed by atoms with Gasteiger partial charge in [-0.1, -0.05) is 12.5 Å². The molecular formula is C14H22FN3O2S. The zero-order valence-electron chi connectivity index (χ0n) is 12.0. The normalized spacial score (nSPS) is 17.0. The Morgan fingerprint density at radius 1 is 1.24 bits per heavy atom. The quantitative estimate of drug-likeness (QED) is 0.823. The molecule has 1 heterocycles. The van der Waals surface area contributed by atoms with E-state index in [1.165, 1.54) is 24.6 Å². The lowest BCUT2D eigenvalue weighted by atomic mass is 10.1. The van der Waals surface area contributed by atoms with Crippen molar-refractivity contribution in [2.75, 3.05) is 26.2 Å². The van der Waals surface area contributed by atoms with Crippen molar-refractivity contribution >= 4 is 10.0 Å². The highest BCUT2D eigenvalue weighted by atomic mass is 32.2. The highest BCUT2D eigenvalue weighted by molar-refractivity contribution is 7.89. The van der Waals surface area contributed by atoms with Crippen LogP contribution in [0.2, 0.25) is 0 Å². The van der Waals surface area contributed by atoms with Crippen molar-refractivity contribution in [2.24, 2.45) is 5.73 Å². The summed E-state index contributed by atoms with van der Waals surface area (Å²) in [5.41, 5.74) is 5.97. The van der Waals surface area contributed by atoms with Crippen LogP contribution >= 0.6 is 0 Å². The van der Waals surface area contributed by atoms with Crippen LogP contribution < -0.4 is 10.5 Å². The minimum Gasteiger partial charge on any atom is -0.326 e. The first-order chi connectivity index (χ1) is 10.0. The smallest absolute Gasteiger partial charge is 0.243 e. The third-order valence-electron chi connectivity index (χ3n) is 3.69. The Balaban J connectivity index is 1.94. The topological polar surface area (TPSA) is 75.4 Å². The number of nitrogens with one attached hydrogen (secondary N) is 1. The summed E-state index contributed by atoms with van der Waals surface area (Å²) in [6.07, 6.45) is 3.55. The molecule has 1 aromatic carbocycles. The first-order valence-electron chi connectivity index (χ1n) is 7.23. The van der Waals surface area contributed by atoms with Crippen molar-refractivity contribution in [3.05, 3.63) is 29.6 Å². The molecular weight excluding hydrogens is 293 g/mol. The van der Waals surface area contributed by atoms with Crippen LogP contribution in [0.15, 0.2) is 23.1 Å². The summed E-state index contributed by atoms with van der Waals surface area (Å²) in [5, 5.41) is 0. The summed E-state index contributed by atoms with van der Waals surface area (Å²) in [6.45, 7) is 3.13. The Morgan fingerprint density at radius 3 is 2.57 bits per heavy atom. The molecule has 5 nitrogen and oxygen atoms in total. The van der Waals surface area contributed by atoms with E-state index in [2.05, 4.69) is 9.62 Å². The van der Waals surface area contributed by atoms with E-state index < -0.39 is 15.8 Å². The van der Waals surface area contributed by atoms with E-state index in [-0.39, 0.29) is 11.4 Å². The fourth-order valence-corrected chi connectivity index (χ4v) is 3.57. The number of piperidine rings is 1. The number of hydrogen-bond donors (Lipinski definition) is 2. The molecule has 1 fully saturated rings.